The summed E-state index contributed by atoms with van der Waals surface area (Å²) in [5, 5.41) is 11.1. The monoisotopic (exact) mass is 372 g/mol. The van der Waals surface area contributed by atoms with E-state index < -0.39 is 0 Å². The van der Waals surface area contributed by atoms with Crippen LogP contribution < -0.4 is 0 Å². The van der Waals surface area contributed by atoms with E-state index in [1.807, 2.05) is 11.0 Å². The molecule has 1 atom stereocenters. The molecule has 5 aliphatic rings. The predicted molar refractivity (Wildman–Crippen MR) is 101 cm³/mol. The summed E-state index contributed by atoms with van der Waals surface area (Å²) in [5.41, 5.74) is 1.30. The fourth-order valence-corrected chi connectivity index (χ4v) is 7.72. The zero-order valence-corrected chi connectivity index (χ0v) is 15.6. The molecule has 1 aromatic rings. The number of nitrogens with zero attached hydrogens (tertiary/aromatic N) is 2. The van der Waals surface area contributed by atoms with Crippen molar-refractivity contribution in [1.29, 1.82) is 0 Å². The first-order valence-electron chi connectivity index (χ1n) is 9.67. The number of rotatable bonds is 4. The Morgan fingerprint density at radius 1 is 1.15 bits per heavy atom. The number of benzene rings is 1. The van der Waals surface area contributed by atoms with Crippen LogP contribution in [0, 0.1) is 33.3 Å². The summed E-state index contributed by atoms with van der Waals surface area (Å²) in [7, 11) is 0. The molecule has 0 aromatic heterocycles. The zero-order chi connectivity index (χ0) is 17.9. The Labute approximate surface area is 157 Å². The van der Waals surface area contributed by atoms with Crippen LogP contribution in [0.15, 0.2) is 24.3 Å². The molecule has 0 spiro atoms. The van der Waals surface area contributed by atoms with Gasteiger partial charge in [-0.2, -0.15) is 0 Å². The molecule has 0 N–H and O–H groups in total. The van der Waals surface area contributed by atoms with Crippen LogP contribution >= 0.6 is 11.8 Å². The van der Waals surface area contributed by atoms with Crippen LogP contribution in [0.25, 0.3) is 0 Å². The first-order chi connectivity index (χ1) is 12.5. The van der Waals surface area contributed by atoms with Crippen molar-refractivity contribution in [1.82, 2.24) is 4.90 Å². The molecule has 5 nitrogen and oxygen atoms in total. The van der Waals surface area contributed by atoms with Gasteiger partial charge < -0.3 is 4.90 Å². The molecule has 0 unspecified atom stereocenters. The molecular formula is C20H24N2O3S. The highest BCUT2D eigenvalue weighted by atomic mass is 32.2. The highest BCUT2D eigenvalue weighted by molar-refractivity contribution is 8.00. The lowest BCUT2D eigenvalue weighted by Crippen LogP contribution is -2.51. The molecule has 26 heavy (non-hydrogen) atoms. The second-order valence-corrected chi connectivity index (χ2v) is 10.0. The summed E-state index contributed by atoms with van der Waals surface area (Å²) in [6.07, 6.45) is 8.02. The van der Waals surface area contributed by atoms with E-state index in [-0.39, 0.29) is 21.9 Å². The van der Waals surface area contributed by atoms with Crippen molar-refractivity contribution in [2.45, 2.75) is 43.9 Å². The average molecular weight is 372 g/mol. The number of carbonyl (C=O) groups is 1. The first kappa shape index (κ1) is 16.6. The van der Waals surface area contributed by atoms with Crippen LogP contribution in [-0.2, 0) is 4.79 Å². The van der Waals surface area contributed by atoms with Crippen LogP contribution in [0.1, 0.15) is 49.5 Å². The number of thioether (sulfide) groups is 1. The lowest BCUT2D eigenvalue weighted by molar-refractivity contribution is -0.384. The summed E-state index contributed by atoms with van der Waals surface area (Å²) in [4.78, 5) is 25.5. The number of non-ortho nitro benzene ring substituents is 1. The van der Waals surface area contributed by atoms with Crippen LogP contribution in [0.5, 0.6) is 0 Å². The fraction of sp³-hybridized carbons (Fsp3) is 0.650. The minimum atomic E-state index is -0.353. The number of hydrogen-bond acceptors (Lipinski definition) is 4. The van der Waals surface area contributed by atoms with E-state index in [1.165, 1.54) is 44.6 Å². The smallest absolute Gasteiger partial charge is 0.269 e. The highest BCUT2D eigenvalue weighted by Gasteiger charge is 2.52. The average Bonchev–Trinajstić information content (AvgIpc) is 2.94. The number of nitro groups is 1. The number of hydrogen-bond donors (Lipinski definition) is 0. The maximum atomic E-state index is 12.7. The van der Waals surface area contributed by atoms with Gasteiger partial charge in [-0.15, -0.1) is 11.8 Å². The molecule has 5 fully saturated rings. The summed E-state index contributed by atoms with van der Waals surface area (Å²) in [6.45, 7) is 0.843. The maximum Gasteiger partial charge on any atom is 0.269 e. The van der Waals surface area contributed by atoms with Gasteiger partial charge in [-0.05, 0) is 67.3 Å². The number of nitro benzene ring substituents is 1. The Balaban J connectivity index is 1.41. The molecule has 1 heterocycles. The van der Waals surface area contributed by atoms with Crippen LogP contribution in [-0.4, -0.2) is 28.0 Å². The topological polar surface area (TPSA) is 63.4 Å². The Morgan fingerprint density at radius 2 is 1.81 bits per heavy atom. The van der Waals surface area contributed by atoms with Gasteiger partial charge in [0, 0.05) is 18.7 Å². The number of amides is 1. The third kappa shape index (κ3) is 2.73. The molecule has 1 aliphatic heterocycles. The largest absolute Gasteiger partial charge is 0.325 e. The van der Waals surface area contributed by atoms with Gasteiger partial charge in [-0.25, -0.2) is 0 Å². The van der Waals surface area contributed by atoms with Crippen molar-refractivity contribution < 1.29 is 9.72 Å². The third-order valence-electron chi connectivity index (χ3n) is 7.01. The quantitative estimate of drug-likeness (QED) is 0.581. The van der Waals surface area contributed by atoms with E-state index >= 15 is 0 Å². The Kier molecular flexibility index (Phi) is 3.82. The molecule has 4 aliphatic carbocycles. The maximum absolute atomic E-state index is 12.7. The highest BCUT2D eigenvalue weighted by Crippen LogP contribution is 2.61. The van der Waals surface area contributed by atoms with Crippen molar-refractivity contribution in [2.24, 2.45) is 23.2 Å². The predicted octanol–water partition coefficient (Wildman–Crippen LogP) is 4.39. The number of carbonyl (C=O) groups excluding carboxylic acids is 1. The van der Waals surface area contributed by atoms with Gasteiger partial charge in [0.05, 0.1) is 10.7 Å². The van der Waals surface area contributed by atoms with E-state index in [0.29, 0.717) is 11.2 Å². The molecular weight excluding hydrogens is 348 g/mol. The fourth-order valence-electron chi connectivity index (χ4n) is 6.54. The molecule has 4 bridgehead atoms. The van der Waals surface area contributed by atoms with E-state index in [1.54, 1.807) is 23.9 Å². The van der Waals surface area contributed by atoms with E-state index in [0.717, 1.165) is 29.9 Å². The van der Waals surface area contributed by atoms with Crippen molar-refractivity contribution in [3.05, 3.63) is 39.9 Å². The van der Waals surface area contributed by atoms with E-state index in [2.05, 4.69) is 0 Å². The van der Waals surface area contributed by atoms with Gasteiger partial charge in [0.2, 0.25) is 5.91 Å². The lowest BCUT2D eigenvalue weighted by atomic mass is 9.49. The van der Waals surface area contributed by atoms with E-state index in [4.69, 9.17) is 0 Å². The van der Waals surface area contributed by atoms with Crippen molar-refractivity contribution >= 4 is 23.4 Å². The Bertz CT molecular complexity index is 730. The third-order valence-corrected chi connectivity index (χ3v) is 8.26. The second-order valence-electron chi connectivity index (χ2n) is 8.95. The SMILES string of the molecule is O=C1CS[C@@H](c2cccc([N+](=O)[O-])c2)N1CC12CC3CC(CC(C3)C1)C2. The molecule has 0 radical (unpaired) electrons. The molecule has 138 valence electrons. The molecule has 4 saturated carbocycles. The Hall–Kier alpha value is -1.56. The molecule has 1 amide bonds. The van der Waals surface area contributed by atoms with Crippen LogP contribution in [0.3, 0.4) is 0 Å². The summed E-state index contributed by atoms with van der Waals surface area (Å²) in [5.74, 6) is 3.27. The molecule has 6 heteroatoms. The van der Waals surface area contributed by atoms with Crippen molar-refractivity contribution in [3.63, 3.8) is 0 Å². The minimum absolute atomic E-state index is 0.0737. The normalized spacial score (nSPS) is 38.2. The zero-order valence-electron chi connectivity index (χ0n) is 14.8. The van der Waals surface area contributed by atoms with E-state index in [9.17, 15) is 14.9 Å². The molecule has 1 aromatic carbocycles. The summed E-state index contributed by atoms with van der Waals surface area (Å²) in [6, 6.07) is 6.83. The standard InChI is InChI=1S/C20H24N2O3S/c23-18-11-26-19(16-2-1-3-17(7-16)22(24)25)21(18)12-20-8-13-4-14(9-20)6-15(5-13)10-20/h1-3,7,13-15,19H,4-6,8-12H2/t13?,14?,15?,19-,20?/m0/s1. The van der Waals surface area contributed by atoms with Crippen molar-refractivity contribution in [3.8, 4) is 0 Å². The second kappa shape index (κ2) is 5.98. The minimum Gasteiger partial charge on any atom is -0.325 e. The van der Waals surface area contributed by atoms with Gasteiger partial charge in [0.15, 0.2) is 0 Å². The van der Waals surface area contributed by atoms with Gasteiger partial charge in [0.25, 0.3) is 5.69 Å². The van der Waals surface area contributed by atoms with Gasteiger partial charge >= 0.3 is 0 Å². The summed E-state index contributed by atoms with van der Waals surface area (Å²) < 4.78 is 0. The van der Waals surface area contributed by atoms with Gasteiger partial charge in [0.1, 0.15) is 5.37 Å². The summed E-state index contributed by atoms with van der Waals surface area (Å²) >= 11 is 1.61. The lowest BCUT2D eigenvalue weighted by Gasteiger charge is -2.58. The Morgan fingerprint density at radius 3 is 2.42 bits per heavy atom. The van der Waals surface area contributed by atoms with Crippen LogP contribution in [0.2, 0.25) is 0 Å². The van der Waals surface area contributed by atoms with Crippen molar-refractivity contribution in [2.75, 3.05) is 12.3 Å². The van der Waals surface area contributed by atoms with Gasteiger partial charge in [-0.3, -0.25) is 14.9 Å². The van der Waals surface area contributed by atoms with Gasteiger partial charge in [-0.1, -0.05) is 12.1 Å². The first-order valence-corrected chi connectivity index (χ1v) is 10.7. The molecule has 1 saturated heterocycles. The van der Waals surface area contributed by atoms with Crippen LogP contribution in [0.4, 0.5) is 5.69 Å². The molecule has 6 rings (SSSR count).